The molecule has 2 aliphatic rings. The van der Waals surface area contributed by atoms with E-state index in [0.29, 0.717) is 17.8 Å². The maximum Gasteiger partial charge on any atom is 0.415 e. The summed E-state index contributed by atoms with van der Waals surface area (Å²) in [5.74, 6) is -1.35. The number of hydrogen-bond acceptors (Lipinski definition) is 8. The Bertz CT molecular complexity index is 420. The van der Waals surface area contributed by atoms with Gasteiger partial charge < -0.3 is 14.7 Å². The van der Waals surface area contributed by atoms with Gasteiger partial charge in [-0.3, -0.25) is 5.04 Å². The molecule has 0 amide bonds. The van der Waals surface area contributed by atoms with Crippen LogP contribution in [0.3, 0.4) is 0 Å². The molecule has 0 heterocycles. The number of ether oxygens (including phenoxy) is 2. The molecule has 0 aromatic heterocycles. The minimum atomic E-state index is -4.16. The van der Waals surface area contributed by atoms with Gasteiger partial charge in [-0.25, -0.2) is 9.59 Å². The summed E-state index contributed by atoms with van der Waals surface area (Å²) < 4.78 is 38.4. The third kappa shape index (κ3) is 4.51. The third-order valence-corrected chi connectivity index (χ3v) is 4.57. The minimum Gasteiger partial charge on any atom is -0.691 e. The van der Waals surface area contributed by atoms with Crippen molar-refractivity contribution in [2.24, 2.45) is 17.8 Å². The number of hydrogen-bond donors (Lipinski definition) is 0. The average Bonchev–Trinajstić information content (AvgIpc) is 3.11. The van der Waals surface area contributed by atoms with E-state index in [4.69, 9.17) is 4.74 Å². The molecule has 7 nitrogen and oxygen atoms in total. The van der Waals surface area contributed by atoms with E-state index >= 15 is 0 Å². The first-order valence-corrected chi connectivity index (χ1v) is 7.51. The normalized spacial score (nSPS) is 27.0. The molecule has 3 atom stereocenters. The summed E-state index contributed by atoms with van der Waals surface area (Å²) in [5.41, 5.74) is 0. The molecule has 0 saturated heterocycles. The molecule has 2 fully saturated rings. The molecular weight excluding hydrogens is 326 g/mol. The van der Waals surface area contributed by atoms with Gasteiger partial charge in [-0.2, -0.15) is 13.1 Å². The molecular formula is C12H15F2O7S-. The Morgan fingerprint density at radius 2 is 2.00 bits per heavy atom. The summed E-state index contributed by atoms with van der Waals surface area (Å²) in [7, 11) is 0. The second-order valence-electron chi connectivity index (χ2n) is 5.43. The SMILES string of the molecule is O=C(COC(=O)C(F)(F)SOO[O-])OCC1CC2CCC1C2. The topological polar surface area (TPSA) is 94.1 Å². The smallest absolute Gasteiger partial charge is 0.415 e. The quantitative estimate of drug-likeness (QED) is 0.279. The lowest BCUT2D eigenvalue weighted by molar-refractivity contribution is -0.777. The van der Waals surface area contributed by atoms with Gasteiger partial charge in [0.1, 0.15) is 12.0 Å². The Balaban J connectivity index is 1.64. The minimum absolute atomic E-state index is 0.218. The second kappa shape index (κ2) is 7.53. The van der Waals surface area contributed by atoms with Crippen LogP contribution in [0.1, 0.15) is 25.7 Å². The van der Waals surface area contributed by atoms with Gasteiger partial charge in [0.2, 0.25) is 0 Å². The Kier molecular flexibility index (Phi) is 5.95. The van der Waals surface area contributed by atoms with Crippen LogP contribution in [-0.2, 0) is 28.4 Å². The Morgan fingerprint density at radius 3 is 2.59 bits per heavy atom. The highest BCUT2D eigenvalue weighted by Gasteiger charge is 2.44. The van der Waals surface area contributed by atoms with Crippen molar-refractivity contribution in [1.29, 1.82) is 0 Å². The molecule has 0 radical (unpaired) electrons. The van der Waals surface area contributed by atoms with Gasteiger partial charge in [0.25, 0.3) is 0 Å². The molecule has 0 aromatic rings. The van der Waals surface area contributed by atoms with Crippen LogP contribution in [0.4, 0.5) is 8.78 Å². The average molecular weight is 341 g/mol. The molecule has 126 valence electrons. The highest BCUT2D eigenvalue weighted by atomic mass is 32.2. The van der Waals surface area contributed by atoms with Crippen molar-refractivity contribution >= 4 is 24.0 Å². The number of rotatable bonds is 8. The van der Waals surface area contributed by atoms with E-state index in [1.807, 2.05) is 0 Å². The highest BCUT2D eigenvalue weighted by molar-refractivity contribution is 7.96. The van der Waals surface area contributed by atoms with E-state index in [2.05, 4.69) is 14.1 Å². The fourth-order valence-corrected chi connectivity index (χ4v) is 3.36. The van der Waals surface area contributed by atoms with Gasteiger partial charge in [-0.15, -0.1) is 0 Å². The van der Waals surface area contributed by atoms with Gasteiger partial charge in [0.15, 0.2) is 6.61 Å². The fraction of sp³-hybridized carbons (Fsp3) is 0.833. The molecule has 2 bridgehead atoms. The van der Waals surface area contributed by atoms with Gasteiger partial charge in [0, 0.05) is 0 Å². The molecule has 10 heteroatoms. The molecule has 2 aliphatic carbocycles. The lowest BCUT2D eigenvalue weighted by Gasteiger charge is -2.21. The summed E-state index contributed by atoms with van der Waals surface area (Å²) >= 11 is -0.814. The van der Waals surface area contributed by atoms with E-state index in [-0.39, 0.29) is 6.61 Å². The summed E-state index contributed by atoms with van der Waals surface area (Å²) in [6, 6.07) is 0. The second-order valence-corrected chi connectivity index (χ2v) is 6.25. The van der Waals surface area contributed by atoms with Crippen LogP contribution in [-0.4, -0.2) is 30.4 Å². The van der Waals surface area contributed by atoms with Crippen molar-refractivity contribution in [3.8, 4) is 0 Å². The molecule has 22 heavy (non-hydrogen) atoms. The number of carbonyl (C=O) groups is 2. The van der Waals surface area contributed by atoms with Gasteiger partial charge in [0.05, 0.1) is 6.61 Å². The molecule has 0 aliphatic heterocycles. The van der Waals surface area contributed by atoms with Crippen LogP contribution in [0, 0.1) is 17.8 Å². The fourth-order valence-electron chi connectivity index (χ4n) is 3.12. The van der Waals surface area contributed by atoms with Gasteiger partial charge >= 0.3 is 17.2 Å². The predicted octanol–water partition coefficient (Wildman–Crippen LogP) is 0.973. The number of halogens is 2. The Morgan fingerprint density at radius 1 is 1.23 bits per heavy atom. The Hall–Kier alpha value is -0.970. The molecule has 0 aromatic carbocycles. The van der Waals surface area contributed by atoms with Gasteiger partial charge in [-0.1, -0.05) is 6.42 Å². The molecule has 2 saturated carbocycles. The number of alkyl halides is 2. The first-order chi connectivity index (χ1) is 10.4. The zero-order valence-electron chi connectivity index (χ0n) is 11.5. The molecule has 3 unspecified atom stereocenters. The molecule has 0 N–H and O–H groups in total. The zero-order chi connectivity index (χ0) is 16.2. The van der Waals surface area contributed by atoms with Crippen molar-refractivity contribution in [2.75, 3.05) is 13.2 Å². The van der Waals surface area contributed by atoms with Crippen molar-refractivity contribution in [1.82, 2.24) is 0 Å². The largest absolute Gasteiger partial charge is 0.691 e. The number of fused-ring (bicyclic) bond motifs is 2. The maximum absolute atomic E-state index is 13.0. The third-order valence-electron chi connectivity index (χ3n) is 4.07. The Labute approximate surface area is 129 Å². The summed E-state index contributed by atoms with van der Waals surface area (Å²) in [5, 5.41) is 7.98. The summed E-state index contributed by atoms with van der Waals surface area (Å²) in [6.07, 6.45) is 4.52. The van der Waals surface area contributed by atoms with Crippen molar-refractivity contribution < 1.29 is 42.5 Å². The van der Waals surface area contributed by atoms with Crippen LogP contribution in [0.5, 0.6) is 0 Å². The number of carbonyl (C=O) groups excluding carboxylic acids is 2. The van der Waals surface area contributed by atoms with Crippen molar-refractivity contribution in [2.45, 2.75) is 30.9 Å². The van der Waals surface area contributed by atoms with Crippen LogP contribution < -0.4 is 5.26 Å². The van der Waals surface area contributed by atoms with E-state index < -0.39 is 35.8 Å². The highest BCUT2D eigenvalue weighted by Crippen LogP contribution is 2.48. The van der Waals surface area contributed by atoms with Crippen LogP contribution >= 0.6 is 12.0 Å². The van der Waals surface area contributed by atoms with E-state index in [1.54, 1.807) is 0 Å². The van der Waals surface area contributed by atoms with Crippen molar-refractivity contribution in [3.63, 3.8) is 0 Å². The van der Waals surface area contributed by atoms with E-state index in [9.17, 15) is 23.6 Å². The zero-order valence-corrected chi connectivity index (χ0v) is 12.3. The van der Waals surface area contributed by atoms with Gasteiger partial charge in [-0.05, 0) is 37.0 Å². The van der Waals surface area contributed by atoms with Crippen LogP contribution in [0.15, 0.2) is 0 Å². The lowest BCUT2D eigenvalue weighted by atomic mass is 9.90. The molecule has 2 rings (SSSR count). The van der Waals surface area contributed by atoms with E-state index in [0.717, 1.165) is 19.3 Å². The van der Waals surface area contributed by atoms with E-state index in [1.165, 1.54) is 6.42 Å². The number of esters is 2. The molecule has 0 spiro atoms. The lowest BCUT2D eigenvalue weighted by Crippen LogP contribution is -2.30. The van der Waals surface area contributed by atoms with Crippen molar-refractivity contribution in [3.05, 3.63) is 0 Å². The monoisotopic (exact) mass is 341 g/mol. The first-order valence-electron chi connectivity index (χ1n) is 6.77. The van der Waals surface area contributed by atoms with Crippen LogP contribution in [0.25, 0.3) is 0 Å². The summed E-state index contributed by atoms with van der Waals surface area (Å²) in [4.78, 5) is 22.4. The predicted molar refractivity (Wildman–Crippen MR) is 65.6 cm³/mol. The van der Waals surface area contributed by atoms with Crippen LogP contribution in [0.2, 0.25) is 0 Å². The first kappa shape index (κ1) is 17.4. The summed E-state index contributed by atoms with van der Waals surface area (Å²) in [6.45, 7) is -0.705. The maximum atomic E-state index is 13.0. The standard InChI is InChI=1S/C12H16F2O7S/c13-12(14,22-21-20-17)11(16)19-6-10(15)18-5-9-4-7-1-2-8(9)3-7/h7-9,17H,1-6H2/p-1.